The van der Waals surface area contributed by atoms with Crippen LogP contribution in [-0.4, -0.2) is 15.9 Å². The number of esters is 1. The Morgan fingerprint density at radius 2 is 2.15 bits per heavy atom. The van der Waals surface area contributed by atoms with Gasteiger partial charge in [0.15, 0.2) is 9.93 Å². The Morgan fingerprint density at radius 1 is 1.46 bits per heavy atom. The molecule has 2 rings (SSSR count). The van der Waals surface area contributed by atoms with E-state index < -0.39 is 9.93 Å². The second kappa shape index (κ2) is 2.77. The first kappa shape index (κ1) is 9.60. The minimum absolute atomic E-state index is 0.154. The van der Waals surface area contributed by atoms with Gasteiger partial charge in [-0.2, -0.15) is 0 Å². The quantitative estimate of drug-likeness (QED) is 0.504. The molecule has 13 heavy (non-hydrogen) atoms. The van der Waals surface area contributed by atoms with Crippen molar-refractivity contribution in [1.29, 1.82) is 0 Å². The molecule has 2 aliphatic rings. The van der Waals surface area contributed by atoms with Crippen LogP contribution in [0.15, 0.2) is 0 Å². The fourth-order valence-corrected chi connectivity index (χ4v) is 3.44. The third-order valence-electron chi connectivity index (χ3n) is 3.10. The lowest BCUT2D eigenvalue weighted by Gasteiger charge is -2.21. The van der Waals surface area contributed by atoms with E-state index in [0.29, 0.717) is 0 Å². The van der Waals surface area contributed by atoms with Crippen LogP contribution in [0.1, 0.15) is 32.6 Å². The second-order valence-electron chi connectivity index (χ2n) is 3.90. The Hall–Kier alpha value is 0.0500. The smallest absolute Gasteiger partial charge is 0.303 e. The Labute approximate surface area is 87.5 Å². The SMILES string of the molecule is CC(=O)OC12CCCCC1C2(Cl)Cl. The molecule has 74 valence electrons. The molecule has 2 saturated carbocycles. The van der Waals surface area contributed by atoms with Crippen molar-refractivity contribution in [2.45, 2.75) is 42.5 Å². The van der Waals surface area contributed by atoms with Gasteiger partial charge in [-0.05, 0) is 19.3 Å². The monoisotopic (exact) mass is 222 g/mol. The number of fused-ring (bicyclic) bond motifs is 1. The van der Waals surface area contributed by atoms with Crippen molar-refractivity contribution in [3.8, 4) is 0 Å². The van der Waals surface area contributed by atoms with Crippen LogP contribution in [0, 0.1) is 5.92 Å². The van der Waals surface area contributed by atoms with Gasteiger partial charge < -0.3 is 4.74 Å². The van der Waals surface area contributed by atoms with Crippen LogP contribution in [0.5, 0.6) is 0 Å². The molecular weight excluding hydrogens is 211 g/mol. The number of carbonyl (C=O) groups is 1. The summed E-state index contributed by atoms with van der Waals surface area (Å²) < 4.78 is 4.44. The fourth-order valence-electron chi connectivity index (χ4n) is 2.44. The number of halogens is 2. The first-order valence-corrected chi connectivity index (χ1v) is 5.34. The summed E-state index contributed by atoms with van der Waals surface area (Å²) in [5, 5.41) is 0. The van der Waals surface area contributed by atoms with E-state index in [-0.39, 0.29) is 11.9 Å². The highest BCUT2D eigenvalue weighted by molar-refractivity contribution is 6.52. The van der Waals surface area contributed by atoms with E-state index >= 15 is 0 Å². The summed E-state index contributed by atoms with van der Waals surface area (Å²) >= 11 is 12.2. The van der Waals surface area contributed by atoms with E-state index in [2.05, 4.69) is 0 Å². The van der Waals surface area contributed by atoms with Gasteiger partial charge >= 0.3 is 5.97 Å². The van der Waals surface area contributed by atoms with Crippen molar-refractivity contribution in [2.24, 2.45) is 5.92 Å². The van der Waals surface area contributed by atoms with Crippen molar-refractivity contribution in [3.63, 3.8) is 0 Å². The highest BCUT2D eigenvalue weighted by Crippen LogP contribution is 2.70. The number of ether oxygens (including phenoxy) is 1. The number of carbonyl (C=O) groups excluding carboxylic acids is 1. The lowest BCUT2D eigenvalue weighted by Crippen LogP contribution is -2.26. The van der Waals surface area contributed by atoms with Crippen molar-refractivity contribution < 1.29 is 9.53 Å². The standard InChI is InChI=1S/C9H12Cl2O2/c1-6(12)13-8-5-3-2-4-7(8)9(8,10)11/h7H,2-5H2,1H3. The molecule has 2 atom stereocenters. The molecule has 0 aromatic rings. The number of alkyl halides is 2. The molecule has 4 heteroatoms. The molecule has 2 fully saturated rings. The molecule has 0 spiro atoms. The predicted octanol–water partition coefficient (Wildman–Crippen LogP) is 2.67. The van der Waals surface area contributed by atoms with Crippen molar-refractivity contribution >= 4 is 29.2 Å². The van der Waals surface area contributed by atoms with Gasteiger partial charge in [0.2, 0.25) is 0 Å². The summed E-state index contributed by atoms with van der Waals surface area (Å²) in [6.07, 6.45) is 3.96. The first-order chi connectivity index (χ1) is 6.01. The molecule has 0 heterocycles. The number of hydrogen-bond acceptors (Lipinski definition) is 2. The average molecular weight is 223 g/mol. The van der Waals surface area contributed by atoms with Gasteiger partial charge in [0.25, 0.3) is 0 Å². The lowest BCUT2D eigenvalue weighted by molar-refractivity contribution is -0.150. The Bertz CT molecular complexity index is 252. The zero-order valence-corrected chi connectivity index (χ0v) is 8.99. The van der Waals surface area contributed by atoms with Crippen LogP contribution < -0.4 is 0 Å². The predicted molar refractivity (Wildman–Crippen MR) is 50.9 cm³/mol. The van der Waals surface area contributed by atoms with E-state index in [9.17, 15) is 4.79 Å². The largest absolute Gasteiger partial charge is 0.456 e. The maximum Gasteiger partial charge on any atom is 0.303 e. The van der Waals surface area contributed by atoms with Crippen LogP contribution in [0.25, 0.3) is 0 Å². The summed E-state index contributed by atoms with van der Waals surface area (Å²) in [7, 11) is 0. The number of hydrogen-bond donors (Lipinski definition) is 0. The third kappa shape index (κ3) is 1.18. The van der Waals surface area contributed by atoms with Crippen LogP contribution >= 0.6 is 23.2 Å². The zero-order valence-electron chi connectivity index (χ0n) is 7.48. The van der Waals surface area contributed by atoms with Gasteiger partial charge in [-0.15, -0.1) is 0 Å². The molecule has 2 unspecified atom stereocenters. The fraction of sp³-hybridized carbons (Fsp3) is 0.889. The van der Waals surface area contributed by atoms with E-state index in [4.69, 9.17) is 27.9 Å². The van der Waals surface area contributed by atoms with Gasteiger partial charge in [-0.1, -0.05) is 29.6 Å². The Morgan fingerprint density at radius 3 is 2.69 bits per heavy atom. The summed E-state index contributed by atoms with van der Waals surface area (Å²) in [5.41, 5.74) is -0.555. The lowest BCUT2D eigenvalue weighted by atomic mass is 9.98. The minimum atomic E-state index is -0.824. The highest BCUT2D eigenvalue weighted by atomic mass is 35.5. The van der Waals surface area contributed by atoms with Gasteiger partial charge in [0.05, 0.1) is 0 Å². The average Bonchev–Trinajstić information content (AvgIpc) is 2.48. The van der Waals surface area contributed by atoms with Crippen LogP contribution in [0.4, 0.5) is 0 Å². The molecule has 0 saturated heterocycles. The van der Waals surface area contributed by atoms with E-state index in [1.54, 1.807) is 0 Å². The second-order valence-corrected chi connectivity index (χ2v) is 5.29. The molecule has 0 amide bonds. The summed E-state index contributed by atoms with van der Waals surface area (Å²) in [6, 6.07) is 0. The van der Waals surface area contributed by atoms with E-state index in [1.807, 2.05) is 0 Å². The molecule has 0 N–H and O–H groups in total. The normalized spacial score (nSPS) is 40.7. The van der Waals surface area contributed by atoms with Crippen LogP contribution in [-0.2, 0) is 9.53 Å². The molecule has 0 aliphatic heterocycles. The summed E-state index contributed by atoms with van der Waals surface area (Å²) in [5.74, 6) is -0.129. The van der Waals surface area contributed by atoms with Gasteiger partial charge in [0, 0.05) is 12.8 Å². The van der Waals surface area contributed by atoms with Crippen molar-refractivity contribution in [3.05, 3.63) is 0 Å². The van der Waals surface area contributed by atoms with Crippen LogP contribution in [0.3, 0.4) is 0 Å². The zero-order chi connectivity index (χ0) is 9.69. The van der Waals surface area contributed by atoms with Gasteiger partial charge in [-0.25, -0.2) is 0 Å². The molecule has 0 bridgehead atoms. The number of rotatable bonds is 1. The Balaban J connectivity index is 2.16. The Kier molecular flexibility index (Phi) is 2.04. The topological polar surface area (TPSA) is 26.3 Å². The maximum atomic E-state index is 10.9. The first-order valence-electron chi connectivity index (χ1n) is 4.58. The van der Waals surface area contributed by atoms with Gasteiger partial charge in [-0.3, -0.25) is 4.79 Å². The molecule has 2 nitrogen and oxygen atoms in total. The molecule has 0 radical (unpaired) electrons. The molecule has 0 aromatic heterocycles. The van der Waals surface area contributed by atoms with E-state index in [0.717, 1.165) is 25.7 Å². The van der Waals surface area contributed by atoms with Gasteiger partial charge in [0.1, 0.15) is 0 Å². The minimum Gasteiger partial charge on any atom is -0.456 e. The van der Waals surface area contributed by atoms with Crippen molar-refractivity contribution in [2.75, 3.05) is 0 Å². The summed E-state index contributed by atoms with van der Waals surface area (Å²) in [6.45, 7) is 1.41. The molecule has 0 aromatic carbocycles. The third-order valence-corrected chi connectivity index (χ3v) is 4.26. The highest BCUT2D eigenvalue weighted by Gasteiger charge is 2.79. The molecule has 2 aliphatic carbocycles. The van der Waals surface area contributed by atoms with Crippen molar-refractivity contribution in [1.82, 2.24) is 0 Å². The van der Waals surface area contributed by atoms with Crippen LogP contribution in [0.2, 0.25) is 0 Å². The molecular formula is C9H12Cl2O2. The van der Waals surface area contributed by atoms with E-state index in [1.165, 1.54) is 6.92 Å². The maximum absolute atomic E-state index is 10.9. The summed E-state index contributed by atoms with van der Waals surface area (Å²) in [4.78, 5) is 10.9.